The lowest BCUT2D eigenvalue weighted by atomic mass is 9.97. The van der Waals surface area contributed by atoms with E-state index in [1.807, 2.05) is 6.07 Å². The maximum absolute atomic E-state index is 13.5. The summed E-state index contributed by atoms with van der Waals surface area (Å²) in [6.45, 7) is 0. The summed E-state index contributed by atoms with van der Waals surface area (Å²) in [5, 5.41) is 9.34. The molecule has 3 aromatic rings. The fourth-order valence-electron chi connectivity index (χ4n) is 2.54. The first-order valence-corrected chi connectivity index (χ1v) is 7.44. The van der Waals surface area contributed by atoms with Gasteiger partial charge in [0.05, 0.1) is 11.3 Å². The van der Waals surface area contributed by atoms with Crippen molar-refractivity contribution in [1.29, 1.82) is 5.26 Å². The molecular weight excluding hydrogens is 346 g/mol. The molecule has 0 amide bonds. The van der Waals surface area contributed by atoms with Gasteiger partial charge in [0.2, 0.25) is 0 Å². The van der Waals surface area contributed by atoms with Gasteiger partial charge in [-0.05, 0) is 35.9 Å². The predicted octanol–water partition coefficient (Wildman–Crippen LogP) is 5.03. The van der Waals surface area contributed by atoms with Gasteiger partial charge in [0, 0.05) is 11.1 Å². The fourth-order valence-corrected chi connectivity index (χ4v) is 2.54. The van der Waals surface area contributed by atoms with Crippen LogP contribution in [0.15, 0.2) is 54.6 Å². The fraction of sp³-hybridized carbons (Fsp3) is 0.0526. The summed E-state index contributed by atoms with van der Waals surface area (Å²) in [4.78, 5) is 4.11. The average molecular weight is 357 g/mol. The smallest absolute Gasteiger partial charge is 0.383 e. The molecule has 0 saturated carbocycles. The summed E-state index contributed by atoms with van der Waals surface area (Å²) in [5.41, 5.74) is 6.54. The maximum atomic E-state index is 13.5. The van der Waals surface area contributed by atoms with Crippen molar-refractivity contribution < 1.29 is 17.6 Å². The molecule has 1 aromatic heterocycles. The number of pyridine rings is 1. The third-order valence-electron chi connectivity index (χ3n) is 3.80. The molecule has 0 aliphatic rings. The Kier molecular flexibility index (Phi) is 4.34. The number of hydrogen-bond acceptors (Lipinski definition) is 3. The zero-order valence-electron chi connectivity index (χ0n) is 13.2. The Balaban J connectivity index is 2.16. The van der Waals surface area contributed by atoms with Crippen LogP contribution in [0.4, 0.5) is 23.4 Å². The van der Waals surface area contributed by atoms with Crippen LogP contribution in [0, 0.1) is 17.1 Å². The second-order valence-corrected chi connectivity index (χ2v) is 5.51. The predicted molar refractivity (Wildman–Crippen MR) is 89.2 cm³/mol. The molecule has 0 bridgehead atoms. The largest absolute Gasteiger partial charge is 0.416 e. The topological polar surface area (TPSA) is 62.7 Å². The van der Waals surface area contributed by atoms with Crippen LogP contribution in [-0.4, -0.2) is 4.98 Å². The van der Waals surface area contributed by atoms with E-state index in [9.17, 15) is 22.8 Å². The Morgan fingerprint density at radius 1 is 0.962 bits per heavy atom. The number of anilines is 1. The van der Waals surface area contributed by atoms with Gasteiger partial charge in [-0.2, -0.15) is 18.4 Å². The number of rotatable bonds is 2. The van der Waals surface area contributed by atoms with Crippen molar-refractivity contribution >= 4 is 5.82 Å². The van der Waals surface area contributed by atoms with Crippen LogP contribution in [-0.2, 0) is 6.18 Å². The highest BCUT2D eigenvalue weighted by Gasteiger charge is 2.30. The Morgan fingerprint density at radius 3 is 2.23 bits per heavy atom. The van der Waals surface area contributed by atoms with Crippen LogP contribution >= 0.6 is 0 Å². The number of nitriles is 1. The van der Waals surface area contributed by atoms with Crippen molar-refractivity contribution in [3.8, 4) is 28.5 Å². The molecule has 0 atom stereocenters. The van der Waals surface area contributed by atoms with Crippen molar-refractivity contribution in [1.82, 2.24) is 4.98 Å². The summed E-state index contributed by atoms with van der Waals surface area (Å²) in [7, 11) is 0. The minimum absolute atomic E-state index is 0.0462. The van der Waals surface area contributed by atoms with E-state index in [-0.39, 0.29) is 11.4 Å². The lowest BCUT2D eigenvalue weighted by molar-refractivity contribution is -0.137. The first kappa shape index (κ1) is 17.4. The van der Waals surface area contributed by atoms with Gasteiger partial charge in [-0.1, -0.05) is 24.3 Å². The molecule has 1 heterocycles. The molecule has 0 unspecified atom stereocenters. The normalized spacial score (nSPS) is 11.2. The molecule has 0 fully saturated rings. The number of nitrogen functional groups attached to an aromatic ring is 1. The second kappa shape index (κ2) is 6.48. The molecule has 0 aliphatic heterocycles. The van der Waals surface area contributed by atoms with Crippen LogP contribution in [0.1, 0.15) is 11.1 Å². The molecule has 26 heavy (non-hydrogen) atoms. The summed E-state index contributed by atoms with van der Waals surface area (Å²) >= 11 is 0. The van der Waals surface area contributed by atoms with Crippen molar-refractivity contribution in [2.24, 2.45) is 0 Å². The molecule has 0 radical (unpaired) electrons. The van der Waals surface area contributed by atoms with Crippen LogP contribution in [0.25, 0.3) is 22.4 Å². The van der Waals surface area contributed by atoms with E-state index in [2.05, 4.69) is 4.98 Å². The van der Waals surface area contributed by atoms with Gasteiger partial charge in [-0.25, -0.2) is 9.37 Å². The van der Waals surface area contributed by atoms with E-state index in [1.54, 1.807) is 6.07 Å². The molecule has 2 aromatic carbocycles. The van der Waals surface area contributed by atoms with E-state index >= 15 is 0 Å². The van der Waals surface area contributed by atoms with E-state index < -0.39 is 17.6 Å². The number of alkyl halides is 3. The van der Waals surface area contributed by atoms with Crippen molar-refractivity contribution in [3.05, 3.63) is 71.5 Å². The number of nitrogens with two attached hydrogens (primary N) is 1. The number of aromatic nitrogens is 1. The summed E-state index contributed by atoms with van der Waals surface area (Å²) in [5.74, 6) is -0.549. The molecule has 2 N–H and O–H groups in total. The lowest BCUT2D eigenvalue weighted by Gasteiger charge is -2.12. The highest BCUT2D eigenvalue weighted by molar-refractivity contribution is 5.80. The zero-order chi connectivity index (χ0) is 18.9. The number of halogens is 4. The first-order chi connectivity index (χ1) is 12.3. The first-order valence-electron chi connectivity index (χ1n) is 7.44. The molecule has 0 aliphatic carbocycles. The van der Waals surface area contributed by atoms with Crippen LogP contribution in [0.5, 0.6) is 0 Å². The maximum Gasteiger partial charge on any atom is 0.416 e. The molecular formula is C19H11F4N3. The van der Waals surface area contributed by atoms with Crippen molar-refractivity contribution in [2.75, 3.05) is 5.73 Å². The Morgan fingerprint density at radius 2 is 1.65 bits per heavy atom. The summed E-state index contributed by atoms with van der Waals surface area (Å²) in [6.07, 6.45) is -4.46. The van der Waals surface area contributed by atoms with Gasteiger partial charge in [0.15, 0.2) is 0 Å². The van der Waals surface area contributed by atoms with E-state index in [0.717, 1.165) is 12.1 Å². The van der Waals surface area contributed by atoms with Gasteiger partial charge >= 0.3 is 6.18 Å². The van der Waals surface area contributed by atoms with Gasteiger partial charge in [-0.15, -0.1) is 0 Å². The van der Waals surface area contributed by atoms with E-state index in [1.165, 1.54) is 36.4 Å². The molecule has 3 nitrogen and oxygen atoms in total. The Labute approximate surface area is 146 Å². The van der Waals surface area contributed by atoms with Gasteiger partial charge < -0.3 is 5.73 Å². The monoisotopic (exact) mass is 357 g/mol. The summed E-state index contributed by atoms with van der Waals surface area (Å²) in [6, 6.07) is 13.4. The molecule has 7 heteroatoms. The van der Waals surface area contributed by atoms with Crippen molar-refractivity contribution in [3.63, 3.8) is 0 Å². The van der Waals surface area contributed by atoms with Crippen molar-refractivity contribution in [2.45, 2.75) is 6.18 Å². The highest BCUT2D eigenvalue weighted by Crippen LogP contribution is 2.34. The van der Waals surface area contributed by atoms with E-state index in [4.69, 9.17) is 5.73 Å². The molecule has 3 rings (SSSR count). The SMILES string of the molecule is N#Cc1c(-c2ccc(C(F)(F)F)cc2)cc(-c2cccc(F)c2)nc1N. The Hall–Kier alpha value is -3.40. The summed E-state index contributed by atoms with van der Waals surface area (Å²) < 4.78 is 51.7. The number of benzene rings is 2. The minimum atomic E-state index is -4.46. The van der Waals surface area contributed by atoms with Crippen LogP contribution < -0.4 is 5.73 Å². The average Bonchev–Trinajstić information content (AvgIpc) is 2.60. The third-order valence-corrected chi connectivity index (χ3v) is 3.80. The molecule has 0 spiro atoms. The number of nitrogens with zero attached hydrogens (tertiary/aromatic N) is 2. The van der Waals surface area contributed by atoms with Gasteiger partial charge in [0.1, 0.15) is 23.3 Å². The quantitative estimate of drug-likeness (QED) is 0.655. The minimum Gasteiger partial charge on any atom is -0.383 e. The third kappa shape index (κ3) is 3.35. The highest BCUT2D eigenvalue weighted by atomic mass is 19.4. The van der Waals surface area contributed by atoms with Crippen LogP contribution in [0.3, 0.4) is 0 Å². The number of hydrogen-bond donors (Lipinski definition) is 1. The molecule has 130 valence electrons. The Bertz CT molecular complexity index is 1000. The van der Waals surface area contributed by atoms with Crippen LogP contribution in [0.2, 0.25) is 0 Å². The molecule has 0 saturated heterocycles. The van der Waals surface area contributed by atoms with E-state index in [0.29, 0.717) is 22.4 Å². The van der Waals surface area contributed by atoms with Gasteiger partial charge in [0.25, 0.3) is 0 Å². The second-order valence-electron chi connectivity index (χ2n) is 5.51. The van der Waals surface area contributed by atoms with Gasteiger partial charge in [-0.3, -0.25) is 0 Å². The standard InChI is InChI=1S/C19H11F4N3/c20-14-3-1-2-12(8-14)17-9-15(16(10-24)18(25)26-17)11-4-6-13(7-5-11)19(21,22)23/h1-9H,(H2,25,26). The zero-order valence-corrected chi connectivity index (χ0v) is 13.2. The lowest BCUT2D eigenvalue weighted by Crippen LogP contribution is -2.04.